The van der Waals surface area contributed by atoms with E-state index >= 15 is 0 Å². The molecule has 0 aliphatic carbocycles. The van der Waals surface area contributed by atoms with E-state index in [1.807, 2.05) is 11.3 Å². The molecule has 1 aromatic rings. The molecule has 0 unspecified atom stereocenters. The van der Waals surface area contributed by atoms with Crippen LogP contribution in [0.4, 0.5) is 0 Å². The molecule has 0 saturated carbocycles. The molecule has 1 N–H and O–H groups in total. The van der Waals surface area contributed by atoms with Crippen molar-refractivity contribution >= 4 is 11.3 Å². The molecule has 3 heteroatoms. The highest BCUT2D eigenvalue weighted by Gasteiger charge is 2.02. The number of rotatable bonds is 8. The standard InChI is InChI=1S/C13H23NOS/c1-4-6-14-7-9-15-8-5-13-11(2)10-12(3)16-13/h10,14H,4-9H2,1-3H3. The maximum atomic E-state index is 5.59. The van der Waals surface area contributed by atoms with Crippen LogP contribution in [0.3, 0.4) is 0 Å². The van der Waals surface area contributed by atoms with Crippen LogP contribution in [0.25, 0.3) is 0 Å². The molecule has 0 aliphatic rings. The fourth-order valence-corrected chi connectivity index (χ4v) is 2.68. The summed E-state index contributed by atoms with van der Waals surface area (Å²) in [7, 11) is 0. The van der Waals surface area contributed by atoms with Gasteiger partial charge >= 0.3 is 0 Å². The first-order chi connectivity index (χ1) is 7.74. The SMILES string of the molecule is CCCNCCOCCc1sc(C)cc1C. The fraction of sp³-hybridized carbons (Fsp3) is 0.692. The molecular weight excluding hydrogens is 218 g/mol. The Morgan fingerprint density at radius 1 is 1.25 bits per heavy atom. The molecule has 92 valence electrons. The molecule has 1 rings (SSSR count). The van der Waals surface area contributed by atoms with Gasteiger partial charge in [0.15, 0.2) is 0 Å². The van der Waals surface area contributed by atoms with Crippen molar-refractivity contribution in [1.82, 2.24) is 5.32 Å². The van der Waals surface area contributed by atoms with Crippen molar-refractivity contribution in [2.75, 3.05) is 26.3 Å². The lowest BCUT2D eigenvalue weighted by Crippen LogP contribution is -2.20. The van der Waals surface area contributed by atoms with Gasteiger partial charge in [-0.25, -0.2) is 0 Å². The molecule has 0 fully saturated rings. The van der Waals surface area contributed by atoms with E-state index in [0.29, 0.717) is 0 Å². The van der Waals surface area contributed by atoms with E-state index in [2.05, 4.69) is 32.2 Å². The second-order valence-electron chi connectivity index (χ2n) is 4.08. The number of hydrogen-bond acceptors (Lipinski definition) is 3. The zero-order valence-electron chi connectivity index (χ0n) is 10.6. The van der Waals surface area contributed by atoms with Crippen LogP contribution in [0, 0.1) is 13.8 Å². The lowest BCUT2D eigenvalue weighted by Gasteiger charge is -2.04. The molecule has 0 saturated heterocycles. The van der Waals surface area contributed by atoms with Gasteiger partial charge in [-0.1, -0.05) is 6.92 Å². The molecule has 16 heavy (non-hydrogen) atoms. The largest absolute Gasteiger partial charge is 0.380 e. The Hall–Kier alpha value is -0.380. The van der Waals surface area contributed by atoms with Gasteiger partial charge in [-0.2, -0.15) is 0 Å². The van der Waals surface area contributed by atoms with Gasteiger partial charge in [0, 0.05) is 22.7 Å². The van der Waals surface area contributed by atoms with E-state index in [-0.39, 0.29) is 0 Å². The smallest absolute Gasteiger partial charge is 0.0591 e. The molecule has 0 bridgehead atoms. The van der Waals surface area contributed by atoms with Gasteiger partial charge in [0.1, 0.15) is 0 Å². The predicted molar refractivity (Wildman–Crippen MR) is 71.5 cm³/mol. The quantitative estimate of drug-likeness (QED) is 0.707. The average Bonchev–Trinajstić information content (AvgIpc) is 2.56. The van der Waals surface area contributed by atoms with Crippen LogP contribution in [0.2, 0.25) is 0 Å². The van der Waals surface area contributed by atoms with Gasteiger partial charge in [0.05, 0.1) is 13.2 Å². The summed E-state index contributed by atoms with van der Waals surface area (Å²) in [5, 5.41) is 3.33. The summed E-state index contributed by atoms with van der Waals surface area (Å²) in [6.07, 6.45) is 2.24. The number of nitrogens with one attached hydrogen (secondary N) is 1. The van der Waals surface area contributed by atoms with Crippen LogP contribution < -0.4 is 5.32 Å². The van der Waals surface area contributed by atoms with Crippen LogP contribution in [0.15, 0.2) is 6.07 Å². The molecule has 1 aromatic heterocycles. The zero-order chi connectivity index (χ0) is 11.8. The fourth-order valence-electron chi connectivity index (χ4n) is 1.65. The van der Waals surface area contributed by atoms with Gasteiger partial charge in [0.2, 0.25) is 0 Å². The van der Waals surface area contributed by atoms with Gasteiger partial charge in [-0.3, -0.25) is 0 Å². The first-order valence-electron chi connectivity index (χ1n) is 6.08. The van der Waals surface area contributed by atoms with Gasteiger partial charge in [-0.15, -0.1) is 11.3 Å². The molecule has 0 spiro atoms. The average molecular weight is 241 g/mol. The van der Waals surface area contributed by atoms with Crippen molar-refractivity contribution < 1.29 is 4.74 Å². The lowest BCUT2D eigenvalue weighted by molar-refractivity contribution is 0.139. The first kappa shape index (κ1) is 13.7. The number of hydrogen-bond donors (Lipinski definition) is 1. The number of thiophene rings is 1. The Balaban J connectivity index is 2.05. The van der Waals surface area contributed by atoms with Crippen molar-refractivity contribution in [2.45, 2.75) is 33.6 Å². The predicted octanol–water partition coefficient (Wildman–Crippen LogP) is 2.92. The van der Waals surface area contributed by atoms with E-state index in [0.717, 1.165) is 32.7 Å². The molecule has 2 nitrogen and oxygen atoms in total. The molecule has 0 amide bonds. The minimum absolute atomic E-state index is 0.823. The van der Waals surface area contributed by atoms with Crippen LogP contribution in [0.5, 0.6) is 0 Å². The Kier molecular flexibility index (Phi) is 6.69. The minimum Gasteiger partial charge on any atom is -0.380 e. The highest BCUT2D eigenvalue weighted by molar-refractivity contribution is 7.12. The van der Waals surface area contributed by atoms with Crippen LogP contribution >= 0.6 is 11.3 Å². The Morgan fingerprint density at radius 3 is 2.69 bits per heavy atom. The highest BCUT2D eigenvalue weighted by atomic mass is 32.1. The number of ether oxygens (including phenoxy) is 1. The van der Waals surface area contributed by atoms with Crippen molar-refractivity contribution in [3.05, 3.63) is 21.4 Å². The topological polar surface area (TPSA) is 21.3 Å². The maximum Gasteiger partial charge on any atom is 0.0591 e. The Bertz CT molecular complexity index is 296. The van der Waals surface area contributed by atoms with Crippen LogP contribution in [-0.2, 0) is 11.2 Å². The van der Waals surface area contributed by atoms with Crippen molar-refractivity contribution in [3.8, 4) is 0 Å². The summed E-state index contributed by atoms with van der Waals surface area (Å²) in [5.41, 5.74) is 1.41. The summed E-state index contributed by atoms with van der Waals surface area (Å²) < 4.78 is 5.59. The lowest BCUT2D eigenvalue weighted by atomic mass is 10.2. The third-order valence-electron chi connectivity index (χ3n) is 2.47. The maximum absolute atomic E-state index is 5.59. The van der Waals surface area contributed by atoms with Gasteiger partial charge in [0.25, 0.3) is 0 Å². The van der Waals surface area contributed by atoms with Crippen molar-refractivity contribution in [3.63, 3.8) is 0 Å². The van der Waals surface area contributed by atoms with E-state index in [1.165, 1.54) is 21.7 Å². The van der Waals surface area contributed by atoms with E-state index < -0.39 is 0 Å². The first-order valence-corrected chi connectivity index (χ1v) is 6.90. The third-order valence-corrected chi connectivity index (χ3v) is 3.68. The monoisotopic (exact) mass is 241 g/mol. The Labute approximate surface area is 103 Å². The zero-order valence-corrected chi connectivity index (χ0v) is 11.5. The van der Waals surface area contributed by atoms with E-state index in [1.54, 1.807) is 0 Å². The van der Waals surface area contributed by atoms with Crippen LogP contribution in [-0.4, -0.2) is 26.3 Å². The molecule has 0 aliphatic heterocycles. The van der Waals surface area contributed by atoms with Crippen molar-refractivity contribution in [1.29, 1.82) is 0 Å². The molecule has 0 radical (unpaired) electrons. The number of aryl methyl sites for hydroxylation is 2. The summed E-state index contributed by atoms with van der Waals surface area (Å²) >= 11 is 1.89. The van der Waals surface area contributed by atoms with Gasteiger partial charge in [-0.05, 0) is 38.4 Å². The second kappa shape index (κ2) is 7.82. The summed E-state index contributed by atoms with van der Waals surface area (Å²) in [6.45, 7) is 10.2. The third kappa shape index (κ3) is 5.10. The summed E-state index contributed by atoms with van der Waals surface area (Å²) in [5.74, 6) is 0. The van der Waals surface area contributed by atoms with Crippen LogP contribution in [0.1, 0.15) is 28.7 Å². The van der Waals surface area contributed by atoms with Crippen molar-refractivity contribution in [2.24, 2.45) is 0 Å². The molecule has 0 aromatic carbocycles. The summed E-state index contributed by atoms with van der Waals surface area (Å²) in [4.78, 5) is 2.87. The minimum atomic E-state index is 0.823. The second-order valence-corrected chi connectivity index (χ2v) is 5.42. The van der Waals surface area contributed by atoms with E-state index in [4.69, 9.17) is 4.74 Å². The van der Waals surface area contributed by atoms with E-state index in [9.17, 15) is 0 Å². The highest BCUT2D eigenvalue weighted by Crippen LogP contribution is 2.21. The molecule has 0 atom stereocenters. The Morgan fingerprint density at radius 2 is 2.06 bits per heavy atom. The normalized spacial score (nSPS) is 10.9. The summed E-state index contributed by atoms with van der Waals surface area (Å²) in [6, 6.07) is 2.25. The molecular formula is C13H23NOS. The molecule has 1 heterocycles. The van der Waals surface area contributed by atoms with Gasteiger partial charge < -0.3 is 10.1 Å².